The second-order valence-corrected chi connectivity index (χ2v) is 6.62. The molecule has 0 aliphatic carbocycles. The Morgan fingerprint density at radius 1 is 1.04 bits per heavy atom. The summed E-state index contributed by atoms with van der Waals surface area (Å²) in [6, 6.07) is 18.4. The van der Waals surface area contributed by atoms with Crippen LogP contribution in [0.5, 0.6) is 5.75 Å². The first kappa shape index (κ1) is 15.9. The van der Waals surface area contributed by atoms with Crippen molar-refractivity contribution in [3.05, 3.63) is 65.7 Å². The van der Waals surface area contributed by atoms with Crippen molar-refractivity contribution in [2.45, 2.75) is 6.42 Å². The number of hydrogen-bond acceptors (Lipinski definition) is 4. The van der Waals surface area contributed by atoms with Crippen LogP contribution in [0.25, 0.3) is 27.5 Å². The SMILES string of the molecule is COc1ccc(-c2nc3scc(-c4ccccc4)n3c2CCN)cc1. The van der Waals surface area contributed by atoms with E-state index in [-0.39, 0.29) is 0 Å². The number of thiazole rings is 1. The van der Waals surface area contributed by atoms with Gasteiger partial charge in [-0.15, -0.1) is 11.3 Å². The van der Waals surface area contributed by atoms with Crippen LogP contribution in [0.3, 0.4) is 0 Å². The molecule has 0 unspecified atom stereocenters. The second kappa shape index (κ2) is 6.70. The maximum absolute atomic E-state index is 5.90. The lowest BCUT2D eigenvalue weighted by atomic mass is 10.1. The van der Waals surface area contributed by atoms with Crippen molar-refractivity contribution in [2.75, 3.05) is 13.7 Å². The molecule has 0 bridgehead atoms. The van der Waals surface area contributed by atoms with Crippen molar-refractivity contribution < 1.29 is 4.74 Å². The molecule has 2 aromatic heterocycles. The molecule has 5 heteroatoms. The largest absolute Gasteiger partial charge is 0.497 e. The molecule has 126 valence electrons. The summed E-state index contributed by atoms with van der Waals surface area (Å²) in [7, 11) is 1.67. The number of hydrogen-bond donors (Lipinski definition) is 1. The Morgan fingerprint density at radius 2 is 1.80 bits per heavy atom. The van der Waals surface area contributed by atoms with E-state index in [0.29, 0.717) is 6.54 Å². The molecule has 4 aromatic rings. The number of fused-ring (bicyclic) bond motifs is 1. The fraction of sp³-hybridized carbons (Fsp3) is 0.150. The van der Waals surface area contributed by atoms with Gasteiger partial charge in [-0.1, -0.05) is 30.3 Å². The first-order chi connectivity index (χ1) is 12.3. The fourth-order valence-electron chi connectivity index (χ4n) is 3.07. The first-order valence-electron chi connectivity index (χ1n) is 8.20. The van der Waals surface area contributed by atoms with E-state index < -0.39 is 0 Å². The molecule has 4 nitrogen and oxygen atoms in total. The minimum atomic E-state index is 0.584. The highest BCUT2D eigenvalue weighted by Gasteiger charge is 2.18. The predicted molar refractivity (Wildman–Crippen MR) is 103 cm³/mol. The summed E-state index contributed by atoms with van der Waals surface area (Å²) in [5.74, 6) is 0.843. The van der Waals surface area contributed by atoms with Crippen LogP contribution < -0.4 is 10.5 Å². The van der Waals surface area contributed by atoms with Gasteiger partial charge in [0.1, 0.15) is 5.75 Å². The average molecular weight is 349 g/mol. The predicted octanol–water partition coefficient (Wildman–Crippen LogP) is 4.24. The van der Waals surface area contributed by atoms with Gasteiger partial charge in [-0.2, -0.15) is 0 Å². The van der Waals surface area contributed by atoms with Gasteiger partial charge in [0.05, 0.1) is 24.2 Å². The summed E-state index contributed by atoms with van der Waals surface area (Å²) in [5, 5.41) is 2.16. The van der Waals surface area contributed by atoms with E-state index in [1.54, 1.807) is 18.4 Å². The number of nitrogens with two attached hydrogens (primary N) is 1. The van der Waals surface area contributed by atoms with Crippen LogP contribution >= 0.6 is 11.3 Å². The van der Waals surface area contributed by atoms with Gasteiger partial charge in [-0.25, -0.2) is 4.98 Å². The zero-order valence-corrected chi connectivity index (χ0v) is 14.8. The smallest absolute Gasteiger partial charge is 0.194 e. The summed E-state index contributed by atoms with van der Waals surface area (Å²) in [6.07, 6.45) is 0.777. The zero-order valence-electron chi connectivity index (χ0n) is 14.0. The Bertz CT molecular complexity index is 987. The standard InChI is InChI=1S/C20H19N3OS/c1-24-16-9-7-15(8-10-16)19-17(11-12-21)23-18(13-25-20(23)22-19)14-5-3-2-4-6-14/h2-10,13H,11-12,21H2,1H3. The van der Waals surface area contributed by atoms with E-state index >= 15 is 0 Å². The lowest BCUT2D eigenvalue weighted by molar-refractivity contribution is 0.415. The maximum atomic E-state index is 5.90. The van der Waals surface area contributed by atoms with Crippen LogP contribution in [0.1, 0.15) is 5.69 Å². The lowest BCUT2D eigenvalue weighted by Crippen LogP contribution is -2.06. The average Bonchev–Trinajstić information content (AvgIpc) is 3.23. The minimum absolute atomic E-state index is 0.584. The van der Waals surface area contributed by atoms with Gasteiger partial charge in [-0.3, -0.25) is 4.40 Å². The Morgan fingerprint density at radius 3 is 2.48 bits per heavy atom. The van der Waals surface area contributed by atoms with Crippen LogP contribution in [0.15, 0.2) is 60.0 Å². The molecule has 2 aromatic carbocycles. The second-order valence-electron chi connectivity index (χ2n) is 5.78. The topological polar surface area (TPSA) is 52.5 Å². The molecule has 25 heavy (non-hydrogen) atoms. The molecular formula is C20H19N3OS. The molecule has 4 rings (SSSR count). The van der Waals surface area contributed by atoms with E-state index in [2.05, 4.69) is 34.0 Å². The van der Waals surface area contributed by atoms with Crippen molar-refractivity contribution >= 4 is 16.3 Å². The Balaban J connectivity index is 1.90. The van der Waals surface area contributed by atoms with E-state index in [1.807, 2.05) is 30.3 Å². The van der Waals surface area contributed by atoms with E-state index in [4.69, 9.17) is 15.5 Å². The third kappa shape index (κ3) is 2.81. The molecule has 0 atom stereocenters. The summed E-state index contributed by atoms with van der Waals surface area (Å²) in [5.41, 5.74) is 11.5. The van der Waals surface area contributed by atoms with Gasteiger partial charge in [0.25, 0.3) is 0 Å². The summed E-state index contributed by atoms with van der Waals surface area (Å²) in [6.45, 7) is 0.584. The molecule has 0 saturated heterocycles. The number of nitrogens with zero attached hydrogens (tertiary/aromatic N) is 2. The fourth-order valence-corrected chi connectivity index (χ4v) is 3.99. The number of ether oxygens (including phenoxy) is 1. The maximum Gasteiger partial charge on any atom is 0.194 e. The molecule has 0 aliphatic heterocycles. The number of imidazole rings is 1. The van der Waals surface area contributed by atoms with Gasteiger partial charge in [-0.05, 0) is 36.4 Å². The summed E-state index contributed by atoms with van der Waals surface area (Å²) in [4.78, 5) is 5.88. The third-order valence-corrected chi connectivity index (χ3v) is 5.10. The molecule has 0 amide bonds. The quantitative estimate of drug-likeness (QED) is 0.586. The van der Waals surface area contributed by atoms with Gasteiger partial charge in [0.2, 0.25) is 0 Å². The van der Waals surface area contributed by atoms with Crippen molar-refractivity contribution in [1.29, 1.82) is 0 Å². The summed E-state index contributed by atoms with van der Waals surface area (Å²) < 4.78 is 7.50. The number of benzene rings is 2. The third-order valence-electron chi connectivity index (χ3n) is 4.27. The Labute approximate surface area is 150 Å². The molecule has 0 fully saturated rings. The van der Waals surface area contributed by atoms with E-state index in [9.17, 15) is 0 Å². The molecule has 2 heterocycles. The molecule has 0 saturated carbocycles. The molecule has 0 spiro atoms. The van der Waals surface area contributed by atoms with Crippen molar-refractivity contribution in [2.24, 2.45) is 5.73 Å². The van der Waals surface area contributed by atoms with Gasteiger partial charge >= 0.3 is 0 Å². The van der Waals surface area contributed by atoms with Gasteiger partial charge in [0.15, 0.2) is 4.96 Å². The van der Waals surface area contributed by atoms with E-state index in [0.717, 1.165) is 39.8 Å². The molecule has 2 N–H and O–H groups in total. The zero-order chi connectivity index (χ0) is 17.2. The highest BCUT2D eigenvalue weighted by molar-refractivity contribution is 7.15. The van der Waals surface area contributed by atoms with Gasteiger partial charge < -0.3 is 10.5 Å². The molecular weight excluding hydrogens is 330 g/mol. The normalized spacial score (nSPS) is 11.1. The highest BCUT2D eigenvalue weighted by Crippen LogP contribution is 2.33. The molecule has 0 radical (unpaired) electrons. The Kier molecular flexibility index (Phi) is 4.26. The minimum Gasteiger partial charge on any atom is -0.497 e. The van der Waals surface area contributed by atoms with Crippen LogP contribution in [0.4, 0.5) is 0 Å². The van der Waals surface area contributed by atoms with Crippen LogP contribution in [0.2, 0.25) is 0 Å². The van der Waals surface area contributed by atoms with Crippen molar-refractivity contribution in [1.82, 2.24) is 9.38 Å². The van der Waals surface area contributed by atoms with Crippen LogP contribution in [0, 0.1) is 0 Å². The van der Waals surface area contributed by atoms with Crippen molar-refractivity contribution in [3.63, 3.8) is 0 Å². The van der Waals surface area contributed by atoms with Crippen molar-refractivity contribution in [3.8, 4) is 28.3 Å². The number of methoxy groups -OCH3 is 1. The van der Waals surface area contributed by atoms with Crippen LogP contribution in [-0.2, 0) is 6.42 Å². The summed E-state index contributed by atoms with van der Waals surface area (Å²) >= 11 is 1.66. The Hall–Kier alpha value is -2.63. The van der Waals surface area contributed by atoms with Crippen LogP contribution in [-0.4, -0.2) is 23.0 Å². The number of aromatic nitrogens is 2. The van der Waals surface area contributed by atoms with Gasteiger partial charge in [0, 0.05) is 17.4 Å². The van der Waals surface area contributed by atoms with E-state index in [1.165, 1.54) is 5.56 Å². The number of rotatable bonds is 5. The lowest BCUT2D eigenvalue weighted by Gasteiger charge is -2.07. The monoisotopic (exact) mass is 349 g/mol. The first-order valence-corrected chi connectivity index (χ1v) is 9.08. The molecule has 0 aliphatic rings. The highest BCUT2D eigenvalue weighted by atomic mass is 32.1.